The topological polar surface area (TPSA) is 103 Å². The fourth-order valence-electron chi connectivity index (χ4n) is 1.59. The summed E-state index contributed by atoms with van der Waals surface area (Å²) in [6, 6.07) is 9.06. The molecule has 2 aromatic rings. The Morgan fingerprint density at radius 3 is 2.10 bits per heavy atom. The minimum Gasteiger partial charge on any atom is -0.341 e. The van der Waals surface area contributed by atoms with E-state index in [1.165, 1.54) is 25.4 Å². The van der Waals surface area contributed by atoms with Gasteiger partial charge in [0.2, 0.25) is 5.56 Å². The van der Waals surface area contributed by atoms with E-state index in [4.69, 9.17) is 0 Å². The first-order chi connectivity index (χ1) is 10.1. The highest BCUT2D eigenvalue weighted by molar-refractivity contribution is 6.04. The van der Waals surface area contributed by atoms with E-state index in [0.717, 1.165) is 0 Å². The second-order valence-electron chi connectivity index (χ2n) is 4.18. The van der Waals surface area contributed by atoms with Crippen LogP contribution >= 0.6 is 0 Å². The zero-order valence-electron chi connectivity index (χ0n) is 11.3. The maximum atomic E-state index is 11.9. The van der Waals surface area contributed by atoms with E-state index < -0.39 is 0 Å². The van der Waals surface area contributed by atoms with Gasteiger partial charge >= 0.3 is 6.03 Å². The summed E-state index contributed by atoms with van der Waals surface area (Å²) in [6.07, 6.45) is 1.35. The Morgan fingerprint density at radius 2 is 1.57 bits per heavy atom. The number of rotatable bonds is 3. The van der Waals surface area contributed by atoms with E-state index in [1.54, 1.807) is 24.3 Å². The summed E-state index contributed by atoms with van der Waals surface area (Å²) in [7, 11) is 1.52. The molecule has 0 aliphatic heterocycles. The average molecular weight is 286 g/mol. The minimum absolute atomic E-state index is 0.267. The Balaban J connectivity index is 2.03. The number of aromatic nitrogens is 1. The molecular formula is C14H14N4O3. The summed E-state index contributed by atoms with van der Waals surface area (Å²) >= 11 is 0. The van der Waals surface area contributed by atoms with Crippen molar-refractivity contribution in [2.75, 3.05) is 17.7 Å². The van der Waals surface area contributed by atoms with Gasteiger partial charge < -0.3 is 20.9 Å². The average Bonchev–Trinajstić information content (AvgIpc) is 2.49. The lowest BCUT2D eigenvalue weighted by Gasteiger charge is -2.07. The molecule has 0 spiro atoms. The smallest absolute Gasteiger partial charge is 0.318 e. The lowest BCUT2D eigenvalue weighted by atomic mass is 10.2. The highest BCUT2D eigenvalue weighted by Gasteiger charge is 2.06. The Kier molecular flexibility index (Phi) is 4.35. The molecule has 0 unspecified atom stereocenters. The van der Waals surface area contributed by atoms with Gasteiger partial charge in [0, 0.05) is 30.7 Å². The third-order valence-corrected chi connectivity index (χ3v) is 2.67. The lowest BCUT2D eigenvalue weighted by Crippen LogP contribution is -2.24. The third kappa shape index (κ3) is 3.93. The van der Waals surface area contributed by atoms with Crippen molar-refractivity contribution in [1.82, 2.24) is 10.3 Å². The van der Waals surface area contributed by atoms with E-state index in [9.17, 15) is 14.4 Å². The van der Waals surface area contributed by atoms with Crippen LogP contribution in [0.25, 0.3) is 0 Å². The number of carbonyl (C=O) groups is 2. The van der Waals surface area contributed by atoms with Crippen LogP contribution in [0.4, 0.5) is 16.2 Å². The molecule has 0 saturated carbocycles. The summed E-state index contributed by atoms with van der Waals surface area (Å²) in [5.74, 6) is -0.335. The number of anilines is 2. The number of hydrogen-bond acceptors (Lipinski definition) is 3. The van der Waals surface area contributed by atoms with Crippen LogP contribution in [0.1, 0.15) is 10.4 Å². The lowest BCUT2D eigenvalue weighted by molar-refractivity contribution is 0.102. The quantitative estimate of drug-likeness (QED) is 0.685. The van der Waals surface area contributed by atoms with Crippen LogP contribution in [-0.2, 0) is 0 Å². The van der Waals surface area contributed by atoms with Gasteiger partial charge in [-0.05, 0) is 30.3 Å². The molecule has 0 radical (unpaired) electrons. The van der Waals surface area contributed by atoms with E-state index in [1.807, 2.05) is 0 Å². The van der Waals surface area contributed by atoms with Gasteiger partial charge in [0.05, 0.1) is 5.56 Å². The standard InChI is InChI=1S/C14H14N4O3/c1-15-14(21)18-11-5-3-10(4-6-11)17-13(20)9-2-7-12(19)16-8-9/h2-8H,1H3,(H,16,19)(H,17,20)(H2,15,18,21). The fourth-order valence-corrected chi connectivity index (χ4v) is 1.59. The number of carbonyl (C=O) groups excluding carboxylic acids is 2. The monoisotopic (exact) mass is 286 g/mol. The molecule has 0 fully saturated rings. The number of amides is 3. The van der Waals surface area contributed by atoms with Crippen LogP contribution in [0.15, 0.2) is 47.4 Å². The van der Waals surface area contributed by atoms with E-state index in [2.05, 4.69) is 20.9 Å². The third-order valence-electron chi connectivity index (χ3n) is 2.67. The first-order valence-electron chi connectivity index (χ1n) is 6.17. The number of nitrogens with one attached hydrogen (secondary N) is 4. The Morgan fingerprint density at radius 1 is 0.952 bits per heavy atom. The van der Waals surface area contributed by atoms with Crippen molar-refractivity contribution in [2.24, 2.45) is 0 Å². The summed E-state index contributed by atoms with van der Waals surface area (Å²) in [5.41, 5.74) is 1.27. The van der Waals surface area contributed by atoms with Gasteiger partial charge in [-0.1, -0.05) is 0 Å². The number of hydrogen-bond donors (Lipinski definition) is 4. The van der Waals surface area contributed by atoms with Crippen molar-refractivity contribution < 1.29 is 9.59 Å². The molecule has 1 aromatic carbocycles. The first-order valence-corrected chi connectivity index (χ1v) is 6.17. The maximum absolute atomic E-state index is 11.9. The Labute approximate surface area is 120 Å². The van der Waals surface area contributed by atoms with Crippen molar-refractivity contribution >= 4 is 23.3 Å². The van der Waals surface area contributed by atoms with Crippen molar-refractivity contribution in [3.05, 3.63) is 58.5 Å². The highest BCUT2D eigenvalue weighted by atomic mass is 16.2. The van der Waals surface area contributed by atoms with Gasteiger partial charge in [-0.2, -0.15) is 0 Å². The van der Waals surface area contributed by atoms with Crippen molar-refractivity contribution in [1.29, 1.82) is 0 Å². The van der Waals surface area contributed by atoms with Gasteiger partial charge in [-0.25, -0.2) is 4.79 Å². The number of H-pyrrole nitrogens is 1. The molecule has 7 nitrogen and oxygen atoms in total. The summed E-state index contributed by atoms with van der Waals surface area (Å²) in [5, 5.41) is 7.73. The molecule has 0 bridgehead atoms. The fraction of sp³-hybridized carbons (Fsp3) is 0.0714. The molecule has 4 N–H and O–H groups in total. The van der Waals surface area contributed by atoms with E-state index >= 15 is 0 Å². The predicted octanol–water partition coefficient (Wildman–Crippen LogP) is 1.38. The van der Waals surface area contributed by atoms with E-state index in [0.29, 0.717) is 16.9 Å². The molecule has 1 aromatic heterocycles. The summed E-state index contributed by atoms with van der Waals surface area (Å²) < 4.78 is 0. The molecule has 2 rings (SSSR count). The number of pyridine rings is 1. The van der Waals surface area contributed by atoms with Crippen LogP contribution in [-0.4, -0.2) is 24.0 Å². The highest BCUT2D eigenvalue weighted by Crippen LogP contribution is 2.14. The molecule has 7 heteroatoms. The molecule has 0 aliphatic rings. The zero-order chi connectivity index (χ0) is 15.2. The maximum Gasteiger partial charge on any atom is 0.318 e. The summed E-state index contributed by atoms with van der Waals surface area (Å²) in [4.78, 5) is 36.4. The van der Waals surface area contributed by atoms with Crippen LogP contribution in [0.2, 0.25) is 0 Å². The van der Waals surface area contributed by atoms with Crippen molar-refractivity contribution in [2.45, 2.75) is 0 Å². The minimum atomic E-state index is -0.335. The first kappa shape index (κ1) is 14.3. The molecule has 0 atom stereocenters. The Hall–Kier alpha value is -3.09. The normalized spacial score (nSPS) is 9.76. The van der Waals surface area contributed by atoms with Gasteiger partial charge in [-0.3, -0.25) is 9.59 Å². The molecule has 21 heavy (non-hydrogen) atoms. The molecular weight excluding hydrogens is 272 g/mol. The van der Waals surface area contributed by atoms with Gasteiger partial charge in [0.25, 0.3) is 5.91 Å². The van der Waals surface area contributed by atoms with Crippen LogP contribution < -0.4 is 21.5 Å². The van der Waals surface area contributed by atoms with Crippen molar-refractivity contribution in [3.63, 3.8) is 0 Å². The van der Waals surface area contributed by atoms with Gasteiger partial charge in [-0.15, -0.1) is 0 Å². The van der Waals surface area contributed by atoms with E-state index in [-0.39, 0.29) is 17.5 Å². The Bertz CT molecular complexity index is 686. The van der Waals surface area contributed by atoms with Gasteiger partial charge in [0.15, 0.2) is 0 Å². The number of urea groups is 1. The molecule has 3 amide bonds. The molecule has 1 heterocycles. The molecule has 108 valence electrons. The molecule has 0 aliphatic carbocycles. The predicted molar refractivity (Wildman–Crippen MR) is 79.5 cm³/mol. The largest absolute Gasteiger partial charge is 0.341 e. The molecule has 0 saturated heterocycles. The van der Waals surface area contributed by atoms with Crippen LogP contribution in [0, 0.1) is 0 Å². The number of benzene rings is 1. The SMILES string of the molecule is CNC(=O)Nc1ccc(NC(=O)c2ccc(=O)[nH]c2)cc1. The summed E-state index contributed by atoms with van der Waals surface area (Å²) in [6.45, 7) is 0. The second-order valence-corrected chi connectivity index (χ2v) is 4.18. The number of aromatic amines is 1. The van der Waals surface area contributed by atoms with Crippen LogP contribution in [0.5, 0.6) is 0 Å². The van der Waals surface area contributed by atoms with Crippen molar-refractivity contribution in [3.8, 4) is 0 Å². The second kappa shape index (κ2) is 6.38. The van der Waals surface area contributed by atoms with Crippen LogP contribution in [0.3, 0.4) is 0 Å². The zero-order valence-corrected chi connectivity index (χ0v) is 11.3. The van der Waals surface area contributed by atoms with Gasteiger partial charge in [0.1, 0.15) is 0 Å².